The molecule has 2 rings (SSSR count). The van der Waals surface area contributed by atoms with Gasteiger partial charge in [0.05, 0.1) is 8.07 Å². The summed E-state index contributed by atoms with van der Waals surface area (Å²) in [6.45, 7) is 10.7. The summed E-state index contributed by atoms with van der Waals surface area (Å²) in [5.74, 6) is 0. The maximum Gasteiger partial charge on any atom is 0.0775 e. The Balaban J connectivity index is 2.01. The minimum Gasteiger partial charge on any atom is -0.318 e. The van der Waals surface area contributed by atoms with Crippen LogP contribution in [0.4, 0.5) is 0 Å². The van der Waals surface area contributed by atoms with Crippen LogP contribution in [0.5, 0.6) is 0 Å². The van der Waals surface area contributed by atoms with Crippen LogP contribution in [0.15, 0.2) is 24.3 Å². The Morgan fingerprint density at radius 3 is 2.45 bits per heavy atom. The van der Waals surface area contributed by atoms with E-state index in [4.69, 9.17) is 0 Å². The predicted molar refractivity (Wildman–Crippen MR) is 91.4 cm³/mol. The van der Waals surface area contributed by atoms with Crippen LogP contribution in [0.25, 0.3) is 0 Å². The smallest absolute Gasteiger partial charge is 0.0775 e. The van der Waals surface area contributed by atoms with Crippen molar-refractivity contribution in [3.8, 4) is 0 Å². The molecule has 1 aromatic carbocycles. The minimum absolute atomic E-state index is 0.713. The molecule has 1 N–H and O–H groups in total. The van der Waals surface area contributed by atoms with Gasteiger partial charge in [0.2, 0.25) is 0 Å². The van der Waals surface area contributed by atoms with Crippen molar-refractivity contribution < 1.29 is 0 Å². The van der Waals surface area contributed by atoms with E-state index in [-0.39, 0.29) is 0 Å². The molecule has 1 aliphatic heterocycles. The average Bonchev–Trinajstić information content (AvgIpc) is 2.41. The van der Waals surface area contributed by atoms with E-state index in [1.165, 1.54) is 31.4 Å². The van der Waals surface area contributed by atoms with Crippen molar-refractivity contribution in [1.29, 1.82) is 0 Å². The summed E-state index contributed by atoms with van der Waals surface area (Å²) >= 11 is 0. The second-order valence-electron chi connectivity index (χ2n) is 7.12. The lowest BCUT2D eigenvalue weighted by molar-refractivity contribution is 0.139. The number of likely N-dealkylation sites (N-methyl/N-ethyl adjacent to an activating group) is 1. The van der Waals surface area contributed by atoms with E-state index in [0.29, 0.717) is 6.04 Å². The van der Waals surface area contributed by atoms with Gasteiger partial charge in [0.25, 0.3) is 0 Å². The summed E-state index contributed by atoms with van der Waals surface area (Å²) in [4.78, 5) is 2.66. The zero-order valence-corrected chi connectivity index (χ0v) is 14.6. The molecule has 1 aromatic rings. The van der Waals surface area contributed by atoms with Crippen LogP contribution in [0.3, 0.4) is 0 Å². The monoisotopic (exact) mass is 290 g/mol. The molecule has 112 valence electrons. The fraction of sp³-hybridized carbons (Fsp3) is 0.647. The number of likely N-dealkylation sites (tertiary alicyclic amines) is 1. The van der Waals surface area contributed by atoms with Gasteiger partial charge in [-0.05, 0) is 32.0 Å². The molecule has 1 heterocycles. The van der Waals surface area contributed by atoms with Gasteiger partial charge in [0.15, 0.2) is 0 Å². The van der Waals surface area contributed by atoms with Crippen molar-refractivity contribution in [3.63, 3.8) is 0 Å². The molecule has 0 amide bonds. The molecule has 0 spiro atoms. The van der Waals surface area contributed by atoms with E-state index in [9.17, 15) is 0 Å². The molecule has 0 saturated carbocycles. The number of hydrogen-bond acceptors (Lipinski definition) is 2. The van der Waals surface area contributed by atoms with Gasteiger partial charge >= 0.3 is 0 Å². The molecule has 1 atom stereocenters. The minimum atomic E-state index is -1.16. The maximum absolute atomic E-state index is 3.35. The van der Waals surface area contributed by atoms with Gasteiger partial charge < -0.3 is 5.32 Å². The van der Waals surface area contributed by atoms with Crippen LogP contribution in [0, 0.1) is 0 Å². The number of hydrogen-bond donors (Lipinski definition) is 1. The highest BCUT2D eigenvalue weighted by Crippen LogP contribution is 2.19. The molecule has 0 aromatic heterocycles. The lowest BCUT2D eigenvalue weighted by Crippen LogP contribution is -2.44. The second kappa shape index (κ2) is 6.88. The van der Waals surface area contributed by atoms with Crippen molar-refractivity contribution in [1.82, 2.24) is 10.2 Å². The summed E-state index contributed by atoms with van der Waals surface area (Å²) < 4.78 is 0. The Kier molecular flexibility index (Phi) is 5.41. The zero-order chi connectivity index (χ0) is 14.6. The van der Waals surface area contributed by atoms with Gasteiger partial charge in [-0.15, -0.1) is 0 Å². The van der Waals surface area contributed by atoms with Crippen molar-refractivity contribution in [2.45, 2.75) is 51.5 Å². The normalized spacial score (nSPS) is 21.1. The highest BCUT2D eigenvalue weighted by molar-refractivity contribution is 6.88. The first-order valence-electron chi connectivity index (χ1n) is 7.99. The first kappa shape index (κ1) is 15.7. The maximum atomic E-state index is 3.35. The second-order valence-corrected chi connectivity index (χ2v) is 12.2. The zero-order valence-electron chi connectivity index (χ0n) is 13.6. The third kappa shape index (κ3) is 4.17. The summed E-state index contributed by atoms with van der Waals surface area (Å²) in [6, 6.07) is 10.1. The van der Waals surface area contributed by atoms with Crippen LogP contribution < -0.4 is 10.5 Å². The molecular weight excluding hydrogens is 260 g/mol. The SMILES string of the molecule is CNCC1CCCCN1Cc1ccc([Si](C)(C)C)cc1. The number of piperidine rings is 1. The number of benzene rings is 1. The Bertz CT molecular complexity index is 406. The third-order valence-corrected chi connectivity index (χ3v) is 6.46. The van der Waals surface area contributed by atoms with Gasteiger partial charge in [0, 0.05) is 19.1 Å². The van der Waals surface area contributed by atoms with Gasteiger partial charge in [-0.3, -0.25) is 4.90 Å². The van der Waals surface area contributed by atoms with Crippen LogP contribution in [-0.2, 0) is 6.54 Å². The van der Waals surface area contributed by atoms with Crippen molar-refractivity contribution in [3.05, 3.63) is 29.8 Å². The lowest BCUT2D eigenvalue weighted by atomic mass is 10.0. The van der Waals surface area contributed by atoms with Gasteiger partial charge in [-0.1, -0.05) is 55.5 Å². The molecule has 0 aliphatic carbocycles. The number of rotatable bonds is 5. The topological polar surface area (TPSA) is 15.3 Å². The third-order valence-electron chi connectivity index (χ3n) is 4.39. The molecule has 0 bridgehead atoms. The molecule has 0 radical (unpaired) electrons. The van der Waals surface area contributed by atoms with E-state index in [0.717, 1.165) is 13.1 Å². The summed E-state index contributed by atoms with van der Waals surface area (Å²) in [7, 11) is 0.907. The molecule has 3 heteroatoms. The average molecular weight is 291 g/mol. The highest BCUT2D eigenvalue weighted by Gasteiger charge is 2.22. The van der Waals surface area contributed by atoms with Crippen molar-refractivity contribution in [2.75, 3.05) is 20.1 Å². The molecular formula is C17H30N2Si. The molecule has 1 unspecified atom stereocenters. The van der Waals surface area contributed by atoms with E-state index in [2.05, 4.69) is 61.2 Å². The first-order valence-corrected chi connectivity index (χ1v) is 11.5. The summed E-state index contributed by atoms with van der Waals surface area (Å²) in [5, 5.41) is 4.91. The van der Waals surface area contributed by atoms with E-state index in [1.807, 2.05) is 0 Å². The largest absolute Gasteiger partial charge is 0.318 e. The Hall–Kier alpha value is -0.643. The Morgan fingerprint density at radius 1 is 1.15 bits per heavy atom. The van der Waals surface area contributed by atoms with Crippen LogP contribution in [0.1, 0.15) is 24.8 Å². The summed E-state index contributed by atoms with van der Waals surface area (Å²) in [5.41, 5.74) is 1.47. The highest BCUT2D eigenvalue weighted by atomic mass is 28.3. The Morgan fingerprint density at radius 2 is 1.85 bits per heavy atom. The van der Waals surface area contributed by atoms with Gasteiger partial charge in [-0.2, -0.15) is 0 Å². The van der Waals surface area contributed by atoms with E-state index >= 15 is 0 Å². The molecule has 20 heavy (non-hydrogen) atoms. The predicted octanol–water partition coefficient (Wildman–Crippen LogP) is 2.81. The summed E-state index contributed by atoms with van der Waals surface area (Å²) in [6.07, 6.45) is 4.08. The standard InChI is InChI=1S/C17H30N2Si/c1-18-13-16-7-5-6-12-19(16)14-15-8-10-17(11-9-15)20(2,3)4/h8-11,16,18H,5-7,12-14H2,1-4H3. The number of nitrogens with one attached hydrogen (secondary N) is 1. The fourth-order valence-corrected chi connectivity index (χ4v) is 4.25. The van der Waals surface area contributed by atoms with Crippen LogP contribution >= 0.6 is 0 Å². The van der Waals surface area contributed by atoms with E-state index < -0.39 is 8.07 Å². The number of nitrogens with zero attached hydrogens (tertiary/aromatic N) is 1. The molecule has 2 nitrogen and oxygen atoms in total. The van der Waals surface area contributed by atoms with Crippen molar-refractivity contribution in [2.24, 2.45) is 0 Å². The first-order chi connectivity index (χ1) is 9.50. The molecule has 1 fully saturated rings. The Labute approximate surface area is 125 Å². The van der Waals surface area contributed by atoms with Gasteiger partial charge in [-0.25, -0.2) is 0 Å². The fourth-order valence-electron chi connectivity index (χ4n) is 3.08. The van der Waals surface area contributed by atoms with Gasteiger partial charge in [0.1, 0.15) is 0 Å². The quantitative estimate of drug-likeness (QED) is 0.839. The van der Waals surface area contributed by atoms with Crippen LogP contribution in [0.2, 0.25) is 19.6 Å². The van der Waals surface area contributed by atoms with E-state index in [1.54, 1.807) is 5.19 Å². The lowest BCUT2D eigenvalue weighted by Gasteiger charge is -2.35. The van der Waals surface area contributed by atoms with Crippen molar-refractivity contribution >= 4 is 13.3 Å². The molecule has 1 saturated heterocycles. The molecule has 1 aliphatic rings. The van der Waals surface area contributed by atoms with Crippen LogP contribution in [-0.4, -0.2) is 39.2 Å².